The number of hydrogen-bond donors (Lipinski definition) is 4. The first-order valence-corrected chi connectivity index (χ1v) is 3.11. The normalized spacial score (nSPS) is 9.75. The molecule has 0 aliphatic rings. The maximum Gasteiger partial charge on any atom is 0.354 e. The van der Waals surface area contributed by atoms with Crippen LogP contribution in [0.15, 0.2) is 12.3 Å². The van der Waals surface area contributed by atoms with E-state index in [4.69, 9.17) is 16.0 Å². The fourth-order valence-corrected chi connectivity index (χ4v) is 0.706. The molecule has 6 nitrogen and oxygen atoms in total. The van der Waals surface area contributed by atoms with Gasteiger partial charge >= 0.3 is 5.97 Å². The number of nitrogens with zero attached hydrogens (tertiary/aromatic N) is 1. The molecular weight excluding hydrogens is 162 g/mol. The van der Waals surface area contributed by atoms with Crippen LogP contribution in [0, 0.1) is 0 Å². The summed E-state index contributed by atoms with van der Waals surface area (Å²) in [4.78, 5) is 13.9. The highest BCUT2D eigenvalue weighted by Gasteiger charge is 2.09. The van der Waals surface area contributed by atoms with Gasteiger partial charge in [0.05, 0.1) is 6.20 Å². The van der Waals surface area contributed by atoms with Gasteiger partial charge < -0.3 is 10.8 Å². The van der Waals surface area contributed by atoms with Crippen molar-refractivity contribution in [1.29, 1.82) is 0 Å². The lowest BCUT2D eigenvalue weighted by Crippen LogP contribution is -2.74. The molecule has 0 spiro atoms. The number of aromatic carboxylic acids is 1. The van der Waals surface area contributed by atoms with Crippen LogP contribution in [0.25, 0.3) is 0 Å². The molecule has 0 saturated carbocycles. The van der Waals surface area contributed by atoms with Crippen LogP contribution in [0.2, 0.25) is 0 Å². The van der Waals surface area contributed by atoms with Crippen LogP contribution in [0.3, 0.4) is 0 Å². The van der Waals surface area contributed by atoms with Gasteiger partial charge in [-0.15, -0.1) is 0 Å². The molecule has 0 aromatic carbocycles. The van der Waals surface area contributed by atoms with E-state index in [1.165, 1.54) is 12.3 Å². The Hall–Kier alpha value is -1.66. The molecule has 0 unspecified atom stereocenters. The Balaban J connectivity index is 3.10. The first kappa shape index (κ1) is 8.44. The molecule has 6 N–H and O–H groups in total. The van der Waals surface area contributed by atoms with Gasteiger partial charge in [0.15, 0.2) is 5.69 Å². The minimum Gasteiger partial charge on any atom is -0.477 e. The van der Waals surface area contributed by atoms with E-state index in [0.717, 1.165) is 5.48 Å². The van der Waals surface area contributed by atoms with E-state index in [-0.39, 0.29) is 11.4 Å². The van der Waals surface area contributed by atoms with Gasteiger partial charge in [0.2, 0.25) is 5.69 Å². The molecule has 0 fully saturated rings. The Kier molecular flexibility index (Phi) is 2.22. The lowest BCUT2D eigenvalue weighted by Gasteiger charge is -1.98. The van der Waals surface area contributed by atoms with Crippen molar-refractivity contribution in [3.63, 3.8) is 0 Å². The largest absolute Gasteiger partial charge is 0.477 e. The minimum atomic E-state index is -1.15. The number of carboxylic acid groups (broad SMARTS) is 1. The number of carbonyl (C=O) groups is 1. The van der Waals surface area contributed by atoms with Crippen LogP contribution in [0.1, 0.15) is 10.5 Å². The number of pyridine rings is 1. The van der Waals surface area contributed by atoms with Gasteiger partial charge in [-0.1, -0.05) is 0 Å². The zero-order valence-corrected chi connectivity index (χ0v) is 6.06. The predicted octanol–water partition coefficient (Wildman–Crippen LogP) is -1.05. The van der Waals surface area contributed by atoms with Crippen LogP contribution < -0.4 is 11.2 Å². The van der Waals surface area contributed by atoms with Crippen molar-refractivity contribution in [1.82, 2.24) is 4.98 Å². The van der Waals surface area contributed by atoms with E-state index in [1.807, 2.05) is 0 Å². The second kappa shape index (κ2) is 3.16. The Morgan fingerprint density at radius 3 is 2.75 bits per heavy atom. The number of quaternary nitrogens is 1. The maximum atomic E-state index is 10.4. The highest BCUT2D eigenvalue weighted by molar-refractivity contribution is 5.87. The Morgan fingerprint density at radius 1 is 1.67 bits per heavy atom. The fraction of sp³-hybridized carbons (Fsp3) is 0. The number of carboxylic acids is 1. The number of rotatable bonds is 2. The highest BCUT2D eigenvalue weighted by atomic mass is 16.5. The fourth-order valence-electron chi connectivity index (χ4n) is 0.706. The SMILES string of the molecule is Nc1cc(C(=O)O)ncc1[NH2+]O. The van der Waals surface area contributed by atoms with Crippen LogP contribution in [0.4, 0.5) is 11.4 Å². The van der Waals surface area contributed by atoms with Crippen molar-refractivity contribution >= 4 is 17.3 Å². The zero-order valence-electron chi connectivity index (χ0n) is 6.06. The second-order valence-corrected chi connectivity index (χ2v) is 2.13. The van der Waals surface area contributed by atoms with Crippen molar-refractivity contribution in [2.45, 2.75) is 0 Å². The van der Waals surface area contributed by atoms with Crippen LogP contribution in [0.5, 0.6) is 0 Å². The van der Waals surface area contributed by atoms with Gasteiger partial charge in [0, 0.05) is 6.07 Å². The van der Waals surface area contributed by atoms with E-state index in [2.05, 4.69) is 4.98 Å². The van der Waals surface area contributed by atoms with Crippen molar-refractivity contribution in [2.75, 3.05) is 5.73 Å². The van der Waals surface area contributed by atoms with Crippen molar-refractivity contribution in [3.8, 4) is 0 Å². The van der Waals surface area contributed by atoms with E-state index in [0.29, 0.717) is 5.69 Å². The van der Waals surface area contributed by atoms with Crippen LogP contribution in [-0.2, 0) is 0 Å². The third-order valence-corrected chi connectivity index (χ3v) is 1.33. The average molecular weight is 170 g/mol. The molecule has 1 rings (SSSR count). The lowest BCUT2D eigenvalue weighted by atomic mass is 10.3. The molecule has 1 aromatic rings. The Morgan fingerprint density at radius 2 is 2.33 bits per heavy atom. The minimum absolute atomic E-state index is 0.141. The molecule has 1 aromatic heterocycles. The summed E-state index contributed by atoms with van der Waals surface area (Å²) in [6.45, 7) is 0. The molecule has 64 valence electrons. The lowest BCUT2D eigenvalue weighted by molar-refractivity contribution is -0.825. The number of aromatic nitrogens is 1. The number of anilines is 1. The van der Waals surface area contributed by atoms with Crippen LogP contribution >= 0.6 is 0 Å². The van der Waals surface area contributed by atoms with Gasteiger partial charge in [-0.25, -0.2) is 15.0 Å². The summed E-state index contributed by atoms with van der Waals surface area (Å²) in [5.74, 6) is -1.15. The number of hydrogen-bond acceptors (Lipinski definition) is 4. The smallest absolute Gasteiger partial charge is 0.354 e. The van der Waals surface area contributed by atoms with Crippen molar-refractivity contribution < 1.29 is 20.6 Å². The van der Waals surface area contributed by atoms with E-state index < -0.39 is 5.97 Å². The quantitative estimate of drug-likeness (QED) is 0.423. The molecule has 0 aliphatic heterocycles. The van der Waals surface area contributed by atoms with Gasteiger partial charge in [-0.05, 0) is 0 Å². The van der Waals surface area contributed by atoms with Gasteiger partial charge in [0.25, 0.3) is 0 Å². The van der Waals surface area contributed by atoms with Crippen LogP contribution in [-0.4, -0.2) is 21.3 Å². The van der Waals surface area contributed by atoms with Gasteiger partial charge in [0.1, 0.15) is 5.69 Å². The summed E-state index contributed by atoms with van der Waals surface area (Å²) in [6, 6.07) is 1.18. The molecular formula is C6H8N3O3+. The van der Waals surface area contributed by atoms with Gasteiger partial charge in [-0.2, -0.15) is 5.48 Å². The molecule has 0 aliphatic carbocycles. The molecule has 0 amide bonds. The first-order chi connectivity index (χ1) is 5.65. The third kappa shape index (κ3) is 1.49. The standard InChI is InChI=1S/C6H7N3O3/c7-3-1-4(6(10)11)8-2-5(3)9-12/h1-2,9,12H,(H2,7,8)(H,10,11)/p+1. The summed E-state index contributed by atoms with van der Waals surface area (Å²) in [6.07, 6.45) is 1.19. The summed E-state index contributed by atoms with van der Waals surface area (Å²) in [7, 11) is 0. The number of nitrogen functional groups attached to an aromatic ring is 1. The highest BCUT2D eigenvalue weighted by Crippen LogP contribution is 2.11. The summed E-state index contributed by atoms with van der Waals surface area (Å²) >= 11 is 0. The molecule has 1 heterocycles. The third-order valence-electron chi connectivity index (χ3n) is 1.33. The average Bonchev–Trinajstić information content (AvgIpc) is 2.04. The van der Waals surface area contributed by atoms with E-state index in [9.17, 15) is 4.79 Å². The summed E-state index contributed by atoms with van der Waals surface area (Å²) < 4.78 is 0. The molecule has 0 radical (unpaired) electrons. The van der Waals surface area contributed by atoms with E-state index >= 15 is 0 Å². The summed E-state index contributed by atoms with van der Waals surface area (Å²) in [5, 5.41) is 17.0. The Labute approximate surface area is 67.6 Å². The molecule has 6 heteroatoms. The molecule has 0 saturated heterocycles. The number of nitrogens with two attached hydrogens (primary N) is 2. The zero-order chi connectivity index (χ0) is 9.14. The van der Waals surface area contributed by atoms with E-state index in [1.54, 1.807) is 0 Å². The predicted molar refractivity (Wildman–Crippen MR) is 39.0 cm³/mol. The Bertz CT molecular complexity index is 313. The topological polar surface area (TPSA) is 113 Å². The maximum absolute atomic E-state index is 10.4. The molecule has 12 heavy (non-hydrogen) atoms. The summed E-state index contributed by atoms with van der Waals surface area (Å²) in [5.41, 5.74) is 6.50. The molecule has 0 bridgehead atoms. The monoisotopic (exact) mass is 170 g/mol. The van der Waals surface area contributed by atoms with Gasteiger partial charge in [-0.3, -0.25) is 0 Å². The molecule has 0 atom stereocenters. The second-order valence-electron chi connectivity index (χ2n) is 2.13. The first-order valence-electron chi connectivity index (χ1n) is 3.11. The van der Waals surface area contributed by atoms with Crippen molar-refractivity contribution in [2.24, 2.45) is 0 Å². The van der Waals surface area contributed by atoms with Crippen molar-refractivity contribution in [3.05, 3.63) is 18.0 Å².